The molecule has 0 saturated heterocycles. The molecule has 21 heavy (non-hydrogen) atoms. The Morgan fingerprint density at radius 1 is 1.48 bits per heavy atom. The van der Waals surface area contributed by atoms with E-state index in [2.05, 4.69) is 5.32 Å². The lowest BCUT2D eigenvalue weighted by Crippen LogP contribution is -2.45. The van der Waals surface area contributed by atoms with Gasteiger partial charge in [-0.3, -0.25) is 4.79 Å². The van der Waals surface area contributed by atoms with Gasteiger partial charge in [-0.25, -0.2) is 9.59 Å². The lowest BCUT2D eigenvalue weighted by Gasteiger charge is -2.23. The Morgan fingerprint density at radius 2 is 2.24 bits per heavy atom. The number of rotatable bonds is 2. The van der Waals surface area contributed by atoms with Crippen LogP contribution in [0.1, 0.15) is 26.2 Å². The molecule has 0 aromatic heterocycles. The first kappa shape index (κ1) is 13.6. The van der Waals surface area contributed by atoms with Crippen molar-refractivity contribution < 1.29 is 24.2 Å². The minimum absolute atomic E-state index is 0.0412. The summed E-state index contributed by atoms with van der Waals surface area (Å²) in [6.07, 6.45) is 6.30. The smallest absolute Gasteiger partial charge is 0.336 e. The number of carbonyl (C=O) groups excluding carboxylic acids is 2. The van der Waals surface area contributed by atoms with Gasteiger partial charge < -0.3 is 15.2 Å². The second kappa shape index (κ2) is 4.58. The molecule has 6 nitrogen and oxygen atoms in total. The first-order valence-corrected chi connectivity index (χ1v) is 6.80. The minimum atomic E-state index is -1.38. The van der Waals surface area contributed by atoms with Gasteiger partial charge in [0, 0.05) is 22.9 Å². The predicted octanol–water partition coefficient (Wildman–Crippen LogP) is 1.05. The summed E-state index contributed by atoms with van der Waals surface area (Å²) in [6, 6.07) is 0. The van der Waals surface area contributed by atoms with Crippen LogP contribution >= 0.6 is 0 Å². The van der Waals surface area contributed by atoms with Crippen LogP contribution in [0.2, 0.25) is 0 Å². The Balaban J connectivity index is 1.77. The Morgan fingerprint density at radius 3 is 2.76 bits per heavy atom. The normalized spacial score (nSPS) is 31.5. The monoisotopic (exact) mass is 289 g/mol. The van der Waals surface area contributed by atoms with Crippen LogP contribution in [-0.2, 0) is 19.1 Å². The highest BCUT2D eigenvalue weighted by Gasteiger charge is 2.50. The van der Waals surface area contributed by atoms with Crippen molar-refractivity contribution in [3.8, 4) is 0 Å². The summed E-state index contributed by atoms with van der Waals surface area (Å²) in [4.78, 5) is 34.9. The van der Waals surface area contributed by atoms with Crippen molar-refractivity contribution >= 4 is 17.7 Å². The van der Waals surface area contributed by atoms with Crippen LogP contribution in [0.5, 0.6) is 0 Å². The molecule has 0 unspecified atom stereocenters. The molecule has 0 aromatic rings. The number of hydrogen-bond acceptors (Lipinski definition) is 5. The molecule has 0 bridgehead atoms. The highest BCUT2D eigenvalue weighted by Crippen LogP contribution is 2.37. The molecule has 0 saturated carbocycles. The number of allylic oxidation sites excluding steroid dienone is 1. The number of carboxylic acid groups (broad SMARTS) is 1. The first-order chi connectivity index (χ1) is 9.93. The van der Waals surface area contributed by atoms with Gasteiger partial charge in [-0.1, -0.05) is 6.08 Å². The van der Waals surface area contributed by atoms with Crippen LogP contribution in [-0.4, -0.2) is 28.6 Å². The third kappa shape index (κ3) is 2.07. The predicted molar refractivity (Wildman–Crippen MR) is 71.9 cm³/mol. The quantitative estimate of drug-likeness (QED) is 0.738. The summed E-state index contributed by atoms with van der Waals surface area (Å²) in [7, 11) is 0. The van der Waals surface area contributed by atoms with Gasteiger partial charge in [-0.2, -0.15) is 0 Å². The van der Waals surface area contributed by atoms with Crippen LogP contribution in [0.4, 0.5) is 0 Å². The van der Waals surface area contributed by atoms with E-state index < -0.39 is 17.7 Å². The van der Waals surface area contributed by atoms with Crippen LogP contribution in [0.15, 0.2) is 35.1 Å². The number of esters is 1. The summed E-state index contributed by atoms with van der Waals surface area (Å²) >= 11 is 0. The van der Waals surface area contributed by atoms with Crippen molar-refractivity contribution in [3.63, 3.8) is 0 Å². The maximum Gasteiger partial charge on any atom is 0.336 e. The fourth-order valence-electron chi connectivity index (χ4n) is 2.95. The molecule has 110 valence electrons. The Hall–Kier alpha value is -2.37. The van der Waals surface area contributed by atoms with E-state index in [0.717, 1.165) is 0 Å². The lowest BCUT2D eigenvalue weighted by molar-refractivity contribution is -0.154. The second-order valence-corrected chi connectivity index (χ2v) is 5.53. The number of ether oxygens (including phenoxy) is 1. The van der Waals surface area contributed by atoms with Crippen molar-refractivity contribution in [3.05, 3.63) is 35.1 Å². The molecule has 2 heterocycles. The maximum atomic E-state index is 12.5. The van der Waals surface area contributed by atoms with E-state index in [1.165, 1.54) is 6.08 Å². The Bertz CT molecular complexity index is 642. The summed E-state index contributed by atoms with van der Waals surface area (Å²) < 4.78 is 5.16. The number of Topliss-reactive ketones (excluding diaryl/α,β-unsaturated/α-hetero) is 1. The van der Waals surface area contributed by atoms with Gasteiger partial charge in [0.2, 0.25) is 5.78 Å². The summed E-state index contributed by atoms with van der Waals surface area (Å²) in [5, 5.41) is 11.8. The number of ketones is 1. The average molecular weight is 289 g/mol. The number of hydrogen-bond donors (Lipinski definition) is 2. The molecule has 1 spiro atoms. The number of carbonyl (C=O) groups is 3. The topological polar surface area (TPSA) is 92.7 Å². The molecule has 2 aliphatic heterocycles. The van der Waals surface area contributed by atoms with E-state index in [0.29, 0.717) is 36.0 Å². The standard InChI is InChI=1S/C15H15NO5/c1-8-6-15(21-14(8)20)12(17)11(7-16-15)9-2-4-10(5-3-9)13(18)19/h4,6-7,9,16H,2-3,5H2,1H3,(H,18,19)/t9-,15+/m1/s1. The molecule has 0 amide bonds. The fraction of sp³-hybridized carbons (Fsp3) is 0.400. The molecule has 3 rings (SSSR count). The van der Waals surface area contributed by atoms with Gasteiger partial charge in [0.25, 0.3) is 5.72 Å². The lowest BCUT2D eigenvalue weighted by atomic mass is 9.82. The van der Waals surface area contributed by atoms with Gasteiger partial charge in [0.05, 0.1) is 0 Å². The summed E-state index contributed by atoms with van der Waals surface area (Å²) in [5.41, 5.74) is -0.0209. The molecular weight excluding hydrogens is 274 g/mol. The SMILES string of the molecule is CC1=C[C@]2(NC=C([C@@H]3CC=C(C(=O)O)CC3)C2=O)OC1=O. The van der Waals surface area contributed by atoms with E-state index in [4.69, 9.17) is 9.84 Å². The molecule has 6 heteroatoms. The summed E-state index contributed by atoms with van der Waals surface area (Å²) in [5.74, 6) is -1.70. The van der Waals surface area contributed by atoms with Gasteiger partial charge >= 0.3 is 11.9 Å². The van der Waals surface area contributed by atoms with Gasteiger partial charge in [0.1, 0.15) is 0 Å². The third-order valence-corrected chi connectivity index (χ3v) is 4.16. The molecular formula is C15H15NO5. The maximum absolute atomic E-state index is 12.5. The molecule has 2 atom stereocenters. The molecule has 0 fully saturated rings. The number of aliphatic carboxylic acids is 1. The highest BCUT2D eigenvalue weighted by atomic mass is 16.6. The average Bonchev–Trinajstić information content (AvgIpc) is 2.91. The van der Waals surface area contributed by atoms with Crippen LogP contribution in [0.3, 0.4) is 0 Å². The van der Waals surface area contributed by atoms with Crippen molar-refractivity contribution in [2.24, 2.45) is 5.92 Å². The van der Waals surface area contributed by atoms with Crippen molar-refractivity contribution in [2.45, 2.75) is 31.9 Å². The number of nitrogens with one attached hydrogen (secondary N) is 1. The molecule has 3 aliphatic rings. The Kier molecular flexibility index (Phi) is 2.97. The van der Waals surface area contributed by atoms with Gasteiger partial charge in [-0.15, -0.1) is 0 Å². The number of carboxylic acids is 1. The van der Waals surface area contributed by atoms with Crippen LogP contribution in [0.25, 0.3) is 0 Å². The van der Waals surface area contributed by atoms with E-state index in [1.54, 1.807) is 19.2 Å². The molecule has 0 radical (unpaired) electrons. The van der Waals surface area contributed by atoms with Crippen molar-refractivity contribution in [1.29, 1.82) is 0 Å². The van der Waals surface area contributed by atoms with Gasteiger partial charge in [0.15, 0.2) is 0 Å². The molecule has 0 aromatic carbocycles. The zero-order valence-electron chi connectivity index (χ0n) is 11.5. The van der Waals surface area contributed by atoms with Crippen molar-refractivity contribution in [2.75, 3.05) is 0 Å². The molecule has 1 aliphatic carbocycles. The fourth-order valence-corrected chi connectivity index (χ4v) is 2.95. The van der Waals surface area contributed by atoms with Crippen molar-refractivity contribution in [1.82, 2.24) is 5.32 Å². The zero-order valence-corrected chi connectivity index (χ0v) is 11.5. The van der Waals surface area contributed by atoms with E-state index >= 15 is 0 Å². The second-order valence-electron chi connectivity index (χ2n) is 5.53. The van der Waals surface area contributed by atoms with Crippen LogP contribution in [0, 0.1) is 5.92 Å². The minimum Gasteiger partial charge on any atom is -0.478 e. The largest absolute Gasteiger partial charge is 0.478 e. The van der Waals surface area contributed by atoms with Gasteiger partial charge in [-0.05, 0) is 38.2 Å². The highest BCUT2D eigenvalue weighted by molar-refractivity contribution is 6.10. The first-order valence-electron chi connectivity index (χ1n) is 6.80. The Labute approximate surface area is 121 Å². The zero-order chi connectivity index (χ0) is 15.2. The van der Waals surface area contributed by atoms with E-state index in [1.807, 2.05) is 0 Å². The van der Waals surface area contributed by atoms with E-state index in [9.17, 15) is 14.4 Å². The molecule has 2 N–H and O–H groups in total. The summed E-state index contributed by atoms with van der Waals surface area (Å²) in [6.45, 7) is 1.60. The van der Waals surface area contributed by atoms with Crippen LogP contribution < -0.4 is 5.32 Å². The third-order valence-electron chi connectivity index (χ3n) is 4.16. The van der Waals surface area contributed by atoms with E-state index in [-0.39, 0.29) is 11.7 Å².